The summed E-state index contributed by atoms with van der Waals surface area (Å²) in [6, 6.07) is 1.32. The summed E-state index contributed by atoms with van der Waals surface area (Å²) in [6.07, 6.45) is -5.29. The summed E-state index contributed by atoms with van der Waals surface area (Å²) < 4.78 is 6.15. The van der Waals surface area contributed by atoms with Gasteiger partial charge in [-0.3, -0.25) is 4.57 Å². The molecule has 0 aliphatic carbocycles. The topological polar surface area (TPSA) is 151 Å². The van der Waals surface area contributed by atoms with E-state index in [1.54, 1.807) is 0 Å². The molecule has 0 saturated carbocycles. The molecule has 0 amide bonds. The van der Waals surface area contributed by atoms with E-state index in [1.807, 2.05) is 0 Å². The molecule has 1 aromatic heterocycles. The number of ether oxygens (including phenoxy) is 1. The maximum Gasteiger partial charge on any atom is 0.351 e. The van der Waals surface area contributed by atoms with Crippen LogP contribution in [0.2, 0.25) is 0 Å². The fraction of sp³-hybridized carbons (Fsp3) is 0.600. The van der Waals surface area contributed by atoms with Crippen LogP contribution in [0.15, 0.2) is 17.1 Å². The largest absolute Gasteiger partial charge is 0.387 e. The lowest BCUT2D eigenvalue weighted by Crippen LogP contribution is -2.48. The van der Waals surface area contributed by atoms with Crippen molar-refractivity contribution in [2.75, 3.05) is 5.73 Å². The lowest BCUT2D eigenvalue weighted by Gasteiger charge is -2.29. The Balaban J connectivity index is 2.46. The average Bonchev–Trinajstić information content (AvgIpc) is 2.54. The number of nitrogens with two attached hydrogens (primary N) is 1. The minimum Gasteiger partial charge on any atom is -0.387 e. The van der Waals surface area contributed by atoms with Gasteiger partial charge in [0.25, 0.3) is 0 Å². The van der Waals surface area contributed by atoms with E-state index >= 15 is 0 Å². The Hall–Kier alpha value is -1.52. The van der Waals surface area contributed by atoms with Crippen molar-refractivity contribution >= 4 is 5.82 Å². The first-order valence-electron chi connectivity index (χ1n) is 5.53. The van der Waals surface area contributed by atoms with Gasteiger partial charge in [-0.2, -0.15) is 4.98 Å². The van der Waals surface area contributed by atoms with Gasteiger partial charge >= 0.3 is 5.69 Å². The summed E-state index contributed by atoms with van der Waals surface area (Å²) in [4.78, 5) is 15.2. The van der Waals surface area contributed by atoms with Crippen LogP contribution in [-0.2, 0) is 10.5 Å². The third-order valence-electron chi connectivity index (χ3n) is 3.18. The van der Waals surface area contributed by atoms with Gasteiger partial charge < -0.3 is 30.9 Å². The second-order valence-electron chi connectivity index (χ2n) is 4.49. The Bertz CT molecular complexity index is 532. The first-order valence-corrected chi connectivity index (χ1v) is 5.53. The summed E-state index contributed by atoms with van der Waals surface area (Å²) >= 11 is 0. The lowest BCUT2D eigenvalue weighted by atomic mass is 10.0. The third kappa shape index (κ3) is 2.11. The van der Waals surface area contributed by atoms with Crippen LogP contribution in [0.25, 0.3) is 0 Å². The fourth-order valence-electron chi connectivity index (χ4n) is 2.10. The summed E-state index contributed by atoms with van der Waals surface area (Å²) in [7, 11) is 0. The van der Waals surface area contributed by atoms with E-state index < -0.39 is 36.0 Å². The Morgan fingerprint density at radius 1 is 1.53 bits per heavy atom. The molecule has 106 valence electrons. The highest BCUT2D eigenvalue weighted by atomic mass is 16.6. The van der Waals surface area contributed by atoms with Crippen molar-refractivity contribution in [1.29, 1.82) is 0 Å². The van der Waals surface area contributed by atoms with E-state index in [0.717, 1.165) is 4.57 Å². The lowest BCUT2D eigenvalue weighted by molar-refractivity contribution is -0.197. The van der Waals surface area contributed by atoms with Gasteiger partial charge in [0.2, 0.25) is 0 Å². The SMILES string of the molecule is C[C@@]1(n2ccc(N)nc2=O)O[C@H](C(O)O)[C@@H](O)[C@H]1O. The van der Waals surface area contributed by atoms with Gasteiger partial charge in [0.05, 0.1) is 0 Å². The van der Waals surface area contributed by atoms with Crippen molar-refractivity contribution < 1.29 is 25.2 Å². The van der Waals surface area contributed by atoms with Crippen LogP contribution < -0.4 is 11.4 Å². The monoisotopic (exact) mass is 273 g/mol. The minimum atomic E-state index is -2.00. The second kappa shape index (κ2) is 4.54. The molecule has 0 radical (unpaired) electrons. The van der Waals surface area contributed by atoms with E-state index in [1.165, 1.54) is 19.2 Å². The van der Waals surface area contributed by atoms with Gasteiger partial charge in [-0.05, 0) is 13.0 Å². The van der Waals surface area contributed by atoms with Crippen LogP contribution in [-0.4, -0.2) is 54.6 Å². The maximum absolute atomic E-state index is 11.7. The van der Waals surface area contributed by atoms with E-state index in [-0.39, 0.29) is 5.82 Å². The van der Waals surface area contributed by atoms with E-state index in [0.29, 0.717) is 0 Å². The smallest absolute Gasteiger partial charge is 0.351 e. The van der Waals surface area contributed by atoms with Crippen molar-refractivity contribution in [2.45, 2.75) is 37.3 Å². The maximum atomic E-state index is 11.7. The summed E-state index contributed by atoms with van der Waals surface area (Å²) in [6.45, 7) is 1.32. The van der Waals surface area contributed by atoms with Gasteiger partial charge in [-0.25, -0.2) is 4.79 Å². The molecule has 4 atom stereocenters. The van der Waals surface area contributed by atoms with Gasteiger partial charge in [-0.15, -0.1) is 0 Å². The van der Waals surface area contributed by atoms with Crippen LogP contribution in [0.4, 0.5) is 5.82 Å². The number of anilines is 1. The molecule has 1 saturated heterocycles. The second-order valence-corrected chi connectivity index (χ2v) is 4.49. The number of aliphatic hydroxyl groups excluding tert-OH is 3. The molecular formula is C10H15N3O6. The zero-order valence-corrected chi connectivity index (χ0v) is 10.0. The summed E-state index contributed by atoms with van der Waals surface area (Å²) in [5.41, 5.74) is 2.88. The van der Waals surface area contributed by atoms with Crippen LogP contribution in [0.1, 0.15) is 6.92 Å². The molecule has 9 nitrogen and oxygen atoms in total. The first-order chi connectivity index (χ1) is 8.77. The van der Waals surface area contributed by atoms with Crippen molar-refractivity contribution in [3.05, 3.63) is 22.7 Å². The van der Waals surface area contributed by atoms with Crippen LogP contribution in [0.3, 0.4) is 0 Å². The highest BCUT2D eigenvalue weighted by Crippen LogP contribution is 2.35. The molecule has 9 heteroatoms. The van der Waals surface area contributed by atoms with Gasteiger partial charge in [-0.1, -0.05) is 0 Å². The van der Waals surface area contributed by atoms with Gasteiger partial charge in [0.1, 0.15) is 24.1 Å². The van der Waals surface area contributed by atoms with Crippen molar-refractivity contribution in [3.8, 4) is 0 Å². The standard InChI is InChI=1S/C10H15N3O6/c1-10(13-3-2-4(11)12-9(13)18)7(15)5(14)6(19-10)8(16)17/h2-3,5-8,14-17H,1H3,(H2,11,12,18)/t5-,6+,7-,10-/m1/s1. The molecule has 0 bridgehead atoms. The Labute approximate surface area is 107 Å². The Morgan fingerprint density at radius 3 is 2.63 bits per heavy atom. The minimum absolute atomic E-state index is 0.00312. The summed E-state index contributed by atoms with van der Waals surface area (Å²) in [5.74, 6) is -0.00312. The third-order valence-corrected chi connectivity index (χ3v) is 3.18. The molecule has 19 heavy (non-hydrogen) atoms. The van der Waals surface area contributed by atoms with E-state index in [4.69, 9.17) is 20.7 Å². The van der Waals surface area contributed by atoms with Crippen LogP contribution >= 0.6 is 0 Å². The highest BCUT2D eigenvalue weighted by molar-refractivity contribution is 5.24. The molecule has 1 aromatic rings. The van der Waals surface area contributed by atoms with Crippen molar-refractivity contribution in [1.82, 2.24) is 9.55 Å². The Kier molecular flexibility index (Phi) is 3.32. The normalized spacial score (nSPS) is 34.9. The van der Waals surface area contributed by atoms with Crippen LogP contribution in [0, 0.1) is 0 Å². The first kappa shape index (κ1) is 13.9. The summed E-state index contributed by atoms with van der Waals surface area (Å²) in [5, 5.41) is 37.8. The number of aliphatic hydroxyl groups is 4. The van der Waals surface area contributed by atoms with Crippen molar-refractivity contribution in [3.63, 3.8) is 0 Å². The Morgan fingerprint density at radius 2 is 2.16 bits per heavy atom. The molecule has 6 N–H and O–H groups in total. The molecule has 0 unspecified atom stereocenters. The zero-order chi connectivity index (χ0) is 14.4. The molecule has 2 rings (SSSR count). The molecule has 2 heterocycles. The number of aromatic nitrogens is 2. The number of rotatable bonds is 2. The van der Waals surface area contributed by atoms with E-state index in [2.05, 4.69) is 4.98 Å². The van der Waals surface area contributed by atoms with Crippen LogP contribution in [0.5, 0.6) is 0 Å². The fourth-order valence-corrected chi connectivity index (χ4v) is 2.10. The molecule has 1 fully saturated rings. The number of hydrogen-bond donors (Lipinski definition) is 5. The molecule has 1 aliphatic heterocycles. The van der Waals surface area contributed by atoms with Gasteiger partial charge in [0, 0.05) is 6.20 Å². The predicted octanol–water partition coefficient (Wildman–Crippen LogP) is -3.07. The zero-order valence-electron chi connectivity index (χ0n) is 10.0. The highest BCUT2D eigenvalue weighted by Gasteiger charge is 2.55. The number of nitrogens with zero attached hydrogens (tertiary/aromatic N) is 2. The molecule has 1 aliphatic rings. The molecular weight excluding hydrogens is 258 g/mol. The quantitative estimate of drug-likeness (QED) is 0.356. The average molecular weight is 273 g/mol. The van der Waals surface area contributed by atoms with Gasteiger partial charge in [0.15, 0.2) is 12.0 Å². The number of nitrogen functional groups attached to an aromatic ring is 1. The predicted molar refractivity (Wildman–Crippen MR) is 61.7 cm³/mol. The number of hydrogen-bond acceptors (Lipinski definition) is 8. The molecule has 0 aromatic carbocycles. The van der Waals surface area contributed by atoms with E-state index in [9.17, 15) is 15.0 Å². The molecule has 0 spiro atoms. The van der Waals surface area contributed by atoms with Crippen molar-refractivity contribution in [2.24, 2.45) is 0 Å².